The van der Waals surface area contributed by atoms with Gasteiger partial charge in [0.25, 0.3) is 0 Å². The van der Waals surface area contributed by atoms with Crippen molar-refractivity contribution in [1.82, 2.24) is 4.31 Å². The van der Waals surface area contributed by atoms with Gasteiger partial charge in [-0.1, -0.05) is 52.0 Å². The molecule has 0 bridgehead atoms. The average molecular weight is 417 g/mol. The van der Waals surface area contributed by atoms with Crippen molar-refractivity contribution in [2.75, 3.05) is 13.2 Å². The molecule has 1 aromatic rings. The number of hydrogen-bond acceptors (Lipinski definition) is 3. The van der Waals surface area contributed by atoms with Crippen LogP contribution in [0.2, 0.25) is 10.0 Å². The van der Waals surface area contributed by atoms with E-state index >= 15 is 0 Å². The lowest BCUT2D eigenvalue weighted by Gasteiger charge is -2.28. The molecule has 1 aliphatic carbocycles. The van der Waals surface area contributed by atoms with Crippen LogP contribution in [-0.4, -0.2) is 37.0 Å². The molecule has 2 rings (SSSR count). The Kier molecular flexibility index (Phi) is 5.96. The predicted molar refractivity (Wildman–Crippen MR) is 87.4 cm³/mol. The summed E-state index contributed by atoms with van der Waals surface area (Å²) in [5.74, 6) is 0. The zero-order chi connectivity index (χ0) is 15.6. The van der Waals surface area contributed by atoms with E-state index in [9.17, 15) is 13.5 Å². The summed E-state index contributed by atoms with van der Waals surface area (Å²) < 4.78 is 27.7. The van der Waals surface area contributed by atoms with Gasteiger partial charge >= 0.3 is 0 Å². The maximum Gasteiger partial charge on any atom is 0.246 e. The molecule has 0 atom stereocenters. The zero-order valence-corrected chi connectivity index (χ0v) is 15.1. The van der Waals surface area contributed by atoms with Gasteiger partial charge in [-0.3, -0.25) is 0 Å². The monoisotopic (exact) mass is 415 g/mol. The third kappa shape index (κ3) is 3.74. The first kappa shape index (κ1) is 17.5. The second-order valence-corrected chi connectivity index (χ2v) is 8.53. The largest absolute Gasteiger partial charge is 0.395 e. The number of halogens is 3. The maximum atomic E-state index is 12.9. The molecule has 0 saturated heterocycles. The van der Waals surface area contributed by atoms with Crippen LogP contribution in [0.1, 0.15) is 25.7 Å². The lowest BCUT2D eigenvalue weighted by Crippen LogP contribution is -2.40. The van der Waals surface area contributed by atoms with Crippen LogP contribution in [0.4, 0.5) is 0 Å². The van der Waals surface area contributed by atoms with E-state index in [4.69, 9.17) is 23.2 Å². The van der Waals surface area contributed by atoms with Crippen molar-refractivity contribution in [3.05, 3.63) is 26.7 Å². The minimum Gasteiger partial charge on any atom is -0.395 e. The summed E-state index contributed by atoms with van der Waals surface area (Å²) in [6.07, 6.45) is 3.57. The number of aliphatic hydroxyl groups is 1. The Bertz CT molecular complexity index is 595. The van der Waals surface area contributed by atoms with Crippen LogP contribution in [0.25, 0.3) is 0 Å². The smallest absolute Gasteiger partial charge is 0.246 e. The molecule has 1 aliphatic rings. The Morgan fingerprint density at radius 1 is 1.24 bits per heavy atom. The Morgan fingerprint density at radius 2 is 1.76 bits per heavy atom. The first-order valence-corrected chi connectivity index (χ1v) is 9.64. The highest BCUT2D eigenvalue weighted by Crippen LogP contribution is 2.37. The van der Waals surface area contributed by atoms with Gasteiger partial charge in [-0.15, -0.1) is 0 Å². The van der Waals surface area contributed by atoms with E-state index in [1.54, 1.807) is 0 Å². The van der Waals surface area contributed by atoms with Crippen molar-refractivity contribution in [2.24, 2.45) is 0 Å². The van der Waals surface area contributed by atoms with Gasteiger partial charge in [-0.25, -0.2) is 8.42 Å². The minimum absolute atomic E-state index is 0.0513. The molecule has 4 nitrogen and oxygen atoms in total. The molecule has 1 fully saturated rings. The van der Waals surface area contributed by atoms with Gasteiger partial charge < -0.3 is 5.11 Å². The molecule has 118 valence electrons. The topological polar surface area (TPSA) is 57.6 Å². The van der Waals surface area contributed by atoms with Crippen LogP contribution in [-0.2, 0) is 10.0 Å². The summed E-state index contributed by atoms with van der Waals surface area (Å²) in [6, 6.07) is 2.91. The lowest BCUT2D eigenvalue weighted by atomic mass is 10.2. The number of sulfonamides is 1. The van der Waals surface area contributed by atoms with E-state index in [0.29, 0.717) is 4.47 Å². The van der Waals surface area contributed by atoms with Gasteiger partial charge in [0, 0.05) is 17.1 Å². The molecular weight excluding hydrogens is 401 g/mol. The number of rotatable bonds is 5. The Balaban J connectivity index is 2.48. The summed E-state index contributed by atoms with van der Waals surface area (Å²) in [4.78, 5) is -0.0885. The van der Waals surface area contributed by atoms with Gasteiger partial charge in [-0.2, -0.15) is 4.31 Å². The van der Waals surface area contributed by atoms with Gasteiger partial charge in [0.05, 0.1) is 16.7 Å². The van der Waals surface area contributed by atoms with Crippen molar-refractivity contribution < 1.29 is 13.5 Å². The van der Waals surface area contributed by atoms with Crippen molar-refractivity contribution >= 4 is 49.2 Å². The van der Waals surface area contributed by atoms with E-state index in [-0.39, 0.29) is 34.1 Å². The van der Waals surface area contributed by atoms with E-state index in [2.05, 4.69) is 15.9 Å². The molecule has 0 aromatic heterocycles. The van der Waals surface area contributed by atoms with Crippen LogP contribution in [0, 0.1) is 0 Å². The molecule has 0 radical (unpaired) electrons. The molecule has 0 unspecified atom stereocenters. The fourth-order valence-corrected chi connectivity index (χ4v) is 6.25. The summed E-state index contributed by atoms with van der Waals surface area (Å²) in [5, 5.41) is 9.37. The van der Waals surface area contributed by atoms with Crippen LogP contribution in [0.15, 0.2) is 21.5 Å². The third-order valence-electron chi connectivity index (χ3n) is 3.58. The quantitative estimate of drug-likeness (QED) is 0.796. The molecule has 0 amide bonds. The third-order valence-corrected chi connectivity index (χ3v) is 6.91. The highest BCUT2D eigenvalue weighted by Gasteiger charge is 2.35. The van der Waals surface area contributed by atoms with Crippen LogP contribution in [0.5, 0.6) is 0 Å². The standard InChI is InChI=1S/C13H16BrCl2NO3S/c14-9-7-11(15)13(12(16)8-9)21(19,20)17(5-6-18)10-3-1-2-4-10/h7-8,10,18H,1-6H2. The molecule has 0 aliphatic heterocycles. The summed E-state index contributed by atoms with van der Waals surface area (Å²) >= 11 is 15.4. The van der Waals surface area contributed by atoms with Gasteiger partial charge in [0.1, 0.15) is 4.90 Å². The molecule has 8 heteroatoms. The molecule has 21 heavy (non-hydrogen) atoms. The van der Waals surface area contributed by atoms with Crippen molar-refractivity contribution in [1.29, 1.82) is 0 Å². The van der Waals surface area contributed by atoms with Crippen LogP contribution < -0.4 is 0 Å². The van der Waals surface area contributed by atoms with Crippen molar-refractivity contribution in [3.63, 3.8) is 0 Å². The predicted octanol–water partition coefficient (Wildman–Crippen LogP) is 3.68. The number of benzene rings is 1. The molecule has 0 spiro atoms. The molecule has 1 saturated carbocycles. The van der Waals surface area contributed by atoms with Gasteiger partial charge in [-0.05, 0) is 25.0 Å². The normalized spacial score (nSPS) is 16.8. The van der Waals surface area contributed by atoms with E-state index in [0.717, 1.165) is 25.7 Å². The molecular formula is C13H16BrCl2NO3S. The average Bonchev–Trinajstić information content (AvgIpc) is 2.87. The highest BCUT2D eigenvalue weighted by atomic mass is 79.9. The fraction of sp³-hybridized carbons (Fsp3) is 0.538. The van der Waals surface area contributed by atoms with Crippen molar-refractivity contribution in [3.8, 4) is 0 Å². The van der Waals surface area contributed by atoms with E-state index < -0.39 is 10.0 Å². The minimum atomic E-state index is -3.84. The van der Waals surface area contributed by atoms with Gasteiger partial charge in [0.2, 0.25) is 10.0 Å². The van der Waals surface area contributed by atoms with Gasteiger partial charge in [0.15, 0.2) is 0 Å². The molecule has 1 N–H and O–H groups in total. The second kappa shape index (κ2) is 7.15. The Morgan fingerprint density at radius 3 is 2.24 bits per heavy atom. The lowest BCUT2D eigenvalue weighted by molar-refractivity contribution is 0.226. The summed E-state index contributed by atoms with van der Waals surface area (Å²) in [5.41, 5.74) is 0. The van der Waals surface area contributed by atoms with Crippen molar-refractivity contribution in [2.45, 2.75) is 36.6 Å². The number of nitrogens with zero attached hydrogens (tertiary/aromatic N) is 1. The first-order valence-electron chi connectivity index (χ1n) is 6.65. The van der Waals surface area contributed by atoms with E-state index in [1.165, 1.54) is 16.4 Å². The maximum absolute atomic E-state index is 12.9. The molecule has 0 heterocycles. The summed E-state index contributed by atoms with van der Waals surface area (Å²) in [7, 11) is -3.84. The number of hydrogen-bond donors (Lipinski definition) is 1. The van der Waals surface area contributed by atoms with Crippen LogP contribution in [0.3, 0.4) is 0 Å². The zero-order valence-electron chi connectivity index (χ0n) is 11.2. The fourth-order valence-electron chi connectivity index (χ4n) is 2.68. The first-order chi connectivity index (χ1) is 9.87. The van der Waals surface area contributed by atoms with Crippen LogP contribution >= 0.6 is 39.1 Å². The molecule has 1 aromatic carbocycles. The second-order valence-electron chi connectivity index (χ2n) is 4.98. The SMILES string of the molecule is O=S(=O)(c1c(Cl)cc(Br)cc1Cl)N(CCO)C1CCCC1. The number of aliphatic hydroxyl groups excluding tert-OH is 1. The summed E-state index contributed by atoms with van der Waals surface area (Å²) in [6.45, 7) is -0.183. The Labute approximate surface area is 143 Å². The van der Waals surface area contributed by atoms with E-state index in [1.807, 2.05) is 0 Å². The highest BCUT2D eigenvalue weighted by molar-refractivity contribution is 9.10. The Hall–Kier alpha value is 0.150.